The maximum Gasteiger partial charge on any atom is 0.264 e. The zero-order chi connectivity index (χ0) is 28.2. The number of ether oxygens (including phenoxy) is 2. The maximum atomic E-state index is 15.1. The molecule has 1 N–H and O–H groups in total. The molecule has 1 heterocycles. The number of carbonyl (C=O) groups is 3. The van der Waals surface area contributed by atoms with E-state index in [0.717, 1.165) is 17.2 Å². The van der Waals surface area contributed by atoms with Gasteiger partial charge in [0, 0.05) is 12.7 Å². The maximum absolute atomic E-state index is 15.1. The van der Waals surface area contributed by atoms with Crippen molar-refractivity contribution in [2.24, 2.45) is 0 Å². The number of anilines is 1. The van der Waals surface area contributed by atoms with Gasteiger partial charge in [0.15, 0.2) is 11.5 Å². The standard InChI is InChI=1S/C27H33FN2O7S/c1-6-9-22(31)29-25-18(28)13-16(8-3)23-24(25)27(33)30(26(23)32)19(15-38(5,34)35)17-10-11-20(36-4)21(14-17)37-12-7-2/h10-11,13-14,19H,6-9,12,15H2,1-5H3,(H,29,31)/t19-/m1/s1. The third kappa shape index (κ3) is 5.98. The van der Waals surface area contributed by atoms with Gasteiger partial charge >= 0.3 is 0 Å². The molecule has 0 fully saturated rings. The Kier molecular flexibility index (Phi) is 9.14. The van der Waals surface area contributed by atoms with Gasteiger partial charge in [0.25, 0.3) is 11.8 Å². The summed E-state index contributed by atoms with van der Waals surface area (Å²) in [7, 11) is -2.25. The van der Waals surface area contributed by atoms with Gasteiger partial charge in [-0.05, 0) is 48.6 Å². The van der Waals surface area contributed by atoms with Crippen molar-refractivity contribution in [2.45, 2.75) is 52.5 Å². The molecule has 0 spiro atoms. The van der Waals surface area contributed by atoms with Crippen molar-refractivity contribution < 1.29 is 36.7 Å². The Morgan fingerprint density at radius 1 is 1.05 bits per heavy atom. The number of benzene rings is 2. The molecule has 206 valence electrons. The number of hydrogen-bond donors (Lipinski definition) is 1. The smallest absolute Gasteiger partial charge is 0.264 e. The molecular weight excluding hydrogens is 515 g/mol. The van der Waals surface area contributed by atoms with Crippen molar-refractivity contribution in [2.75, 3.05) is 31.0 Å². The second kappa shape index (κ2) is 11.9. The Morgan fingerprint density at radius 2 is 1.74 bits per heavy atom. The third-order valence-corrected chi connectivity index (χ3v) is 7.08. The molecule has 3 amide bonds. The van der Waals surface area contributed by atoms with Crippen LogP contribution in [0.4, 0.5) is 10.1 Å². The first-order chi connectivity index (χ1) is 18.0. The minimum atomic E-state index is -3.71. The van der Waals surface area contributed by atoms with E-state index >= 15 is 4.39 Å². The average molecular weight is 549 g/mol. The Labute approximate surface area is 222 Å². The molecule has 38 heavy (non-hydrogen) atoms. The number of nitrogens with one attached hydrogen (secondary N) is 1. The van der Waals surface area contributed by atoms with Gasteiger partial charge in [0.1, 0.15) is 15.7 Å². The first-order valence-corrected chi connectivity index (χ1v) is 14.5. The van der Waals surface area contributed by atoms with Gasteiger partial charge in [-0.2, -0.15) is 0 Å². The first kappa shape index (κ1) is 29.1. The summed E-state index contributed by atoms with van der Waals surface area (Å²) in [6.07, 6.45) is 2.54. The molecule has 2 aromatic carbocycles. The quantitative estimate of drug-likeness (QED) is 0.393. The van der Waals surface area contributed by atoms with Crippen LogP contribution >= 0.6 is 0 Å². The van der Waals surface area contributed by atoms with Gasteiger partial charge in [0.05, 0.1) is 42.3 Å². The number of fused-ring (bicyclic) bond motifs is 1. The number of imide groups is 1. The van der Waals surface area contributed by atoms with Gasteiger partial charge < -0.3 is 14.8 Å². The number of hydrogen-bond acceptors (Lipinski definition) is 7. The Hall–Kier alpha value is -3.47. The van der Waals surface area contributed by atoms with Crippen LogP contribution in [0.25, 0.3) is 0 Å². The summed E-state index contributed by atoms with van der Waals surface area (Å²) in [5.41, 5.74) is -0.0826. The van der Waals surface area contributed by atoms with E-state index in [1.54, 1.807) is 32.0 Å². The number of methoxy groups -OCH3 is 1. The molecule has 3 rings (SSSR count). The molecule has 11 heteroatoms. The molecule has 9 nitrogen and oxygen atoms in total. The molecule has 0 radical (unpaired) electrons. The topological polar surface area (TPSA) is 119 Å². The lowest BCUT2D eigenvalue weighted by molar-refractivity contribution is -0.116. The van der Waals surface area contributed by atoms with Crippen LogP contribution in [0, 0.1) is 5.82 Å². The van der Waals surface area contributed by atoms with Gasteiger partial charge in [-0.1, -0.05) is 26.8 Å². The predicted molar refractivity (Wildman–Crippen MR) is 141 cm³/mol. The zero-order valence-corrected chi connectivity index (χ0v) is 23.0. The van der Waals surface area contributed by atoms with Crippen LogP contribution in [-0.4, -0.2) is 56.8 Å². The fraction of sp³-hybridized carbons (Fsp3) is 0.444. The summed E-state index contributed by atoms with van der Waals surface area (Å²) < 4.78 is 51.2. The number of aryl methyl sites for hydroxylation is 1. The van der Waals surface area contributed by atoms with E-state index in [9.17, 15) is 22.8 Å². The highest BCUT2D eigenvalue weighted by Gasteiger charge is 2.45. The first-order valence-electron chi connectivity index (χ1n) is 12.5. The summed E-state index contributed by atoms with van der Waals surface area (Å²) in [4.78, 5) is 40.7. The zero-order valence-electron chi connectivity index (χ0n) is 22.2. The Bertz CT molecular complexity index is 1360. The van der Waals surface area contributed by atoms with Crippen molar-refractivity contribution >= 4 is 33.2 Å². The van der Waals surface area contributed by atoms with Crippen LogP contribution in [0.15, 0.2) is 24.3 Å². The molecule has 2 aromatic rings. The van der Waals surface area contributed by atoms with Crippen molar-refractivity contribution in [1.29, 1.82) is 0 Å². The number of sulfone groups is 1. The Morgan fingerprint density at radius 3 is 2.32 bits per heavy atom. The predicted octanol–water partition coefficient (Wildman–Crippen LogP) is 4.31. The van der Waals surface area contributed by atoms with Gasteiger partial charge in [-0.25, -0.2) is 12.8 Å². The molecule has 0 aliphatic carbocycles. The molecule has 0 unspecified atom stereocenters. The molecular formula is C27H33FN2O7S. The Balaban J connectivity index is 2.20. The lowest BCUT2D eigenvalue weighted by Crippen LogP contribution is -2.38. The fourth-order valence-corrected chi connectivity index (χ4v) is 5.35. The van der Waals surface area contributed by atoms with Crippen LogP contribution in [-0.2, 0) is 21.1 Å². The second-order valence-electron chi connectivity index (χ2n) is 9.14. The van der Waals surface area contributed by atoms with Crippen molar-refractivity contribution in [3.8, 4) is 11.5 Å². The summed E-state index contributed by atoms with van der Waals surface area (Å²) >= 11 is 0. The normalized spacial score (nSPS) is 13.9. The van der Waals surface area contributed by atoms with Crippen LogP contribution in [0.5, 0.6) is 11.5 Å². The van der Waals surface area contributed by atoms with E-state index in [4.69, 9.17) is 9.47 Å². The molecule has 0 saturated heterocycles. The van der Waals surface area contributed by atoms with Crippen molar-refractivity contribution in [1.82, 2.24) is 4.90 Å². The van der Waals surface area contributed by atoms with Gasteiger partial charge in [-0.15, -0.1) is 0 Å². The van der Waals surface area contributed by atoms with E-state index in [1.807, 2.05) is 6.92 Å². The van der Waals surface area contributed by atoms with E-state index in [2.05, 4.69) is 5.32 Å². The van der Waals surface area contributed by atoms with Gasteiger partial charge in [0.2, 0.25) is 5.91 Å². The number of amides is 3. The summed E-state index contributed by atoms with van der Waals surface area (Å²) in [5, 5.41) is 2.44. The molecule has 0 saturated carbocycles. The molecule has 0 aromatic heterocycles. The van der Waals surface area contributed by atoms with Crippen molar-refractivity contribution in [3.05, 3.63) is 52.3 Å². The lowest BCUT2D eigenvalue weighted by atomic mass is 9.98. The summed E-state index contributed by atoms with van der Waals surface area (Å²) in [6.45, 7) is 5.77. The molecule has 1 atom stereocenters. The number of halogens is 1. The highest BCUT2D eigenvalue weighted by atomic mass is 32.2. The molecule has 1 aliphatic rings. The monoisotopic (exact) mass is 548 g/mol. The third-order valence-electron chi connectivity index (χ3n) is 6.16. The number of carbonyl (C=O) groups excluding carboxylic acids is 3. The largest absolute Gasteiger partial charge is 0.493 e. The van der Waals surface area contributed by atoms with E-state index in [0.29, 0.717) is 36.5 Å². The number of rotatable bonds is 12. The van der Waals surface area contributed by atoms with Gasteiger partial charge in [-0.3, -0.25) is 19.3 Å². The van der Waals surface area contributed by atoms with E-state index < -0.39 is 45.2 Å². The fourth-order valence-electron chi connectivity index (χ4n) is 4.44. The van der Waals surface area contributed by atoms with Crippen LogP contribution < -0.4 is 14.8 Å². The molecule has 1 aliphatic heterocycles. The van der Waals surface area contributed by atoms with Crippen molar-refractivity contribution in [3.63, 3.8) is 0 Å². The minimum Gasteiger partial charge on any atom is -0.493 e. The second-order valence-corrected chi connectivity index (χ2v) is 11.3. The summed E-state index contributed by atoms with van der Waals surface area (Å²) in [6, 6.07) is 4.56. The van der Waals surface area contributed by atoms with Crippen LogP contribution in [0.3, 0.4) is 0 Å². The van der Waals surface area contributed by atoms with Crippen LogP contribution in [0.2, 0.25) is 0 Å². The number of nitrogens with zero attached hydrogens (tertiary/aromatic N) is 1. The highest BCUT2D eigenvalue weighted by Crippen LogP contribution is 2.41. The van der Waals surface area contributed by atoms with E-state index in [-0.39, 0.29) is 35.2 Å². The SMILES string of the molecule is CCCOc1cc([C@@H](CS(C)(=O)=O)N2C(=O)c3c(CC)cc(F)c(NC(=O)CCC)c3C2=O)ccc1OC. The average Bonchev–Trinajstić information content (AvgIpc) is 3.12. The lowest BCUT2D eigenvalue weighted by Gasteiger charge is -2.27. The minimum absolute atomic E-state index is 0.0415. The highest BCUT2D eigenvalue weighted by molar-refractivity contribution is 7.90. The van der Waals surface area contributed by atoms with Crippen LogP contribution in [0.1, 0.15) is 77.9 Å². The molecule has 0 bridgehead atoms. The van der Waals surface area contributed by atoms with E-state index in [1.165, 1.54) is 7.11 Å². The summed E-state index contributed by atoms with van der Waals surface area (Å²) in [5.74, 6) is -2.82.